The molecule has 3 heteroatoms. The Morgan fingerprint density at radius 2 is 2.00 bits per heavy atom. The lowest BCUT2D eigenvalue weighted by Crippen LogP contribution is -2.36. The molecule has 0 aliphatic heterocycles. The number of rotatable bonds is 3. The number of aromatic nitrogens is 2. The third-order valence-electron chi connectivity index (χ3n) is 3.76. The largest absolute Gasteiger partial charge is 0.344 e. The molecule has 3 rings (SSSR count). The highest BCUT2D eigenvalue weighted by atomic mass is 35.5. The van der Waals surface area contributed by atoms with Gasteiger partial charge < -0.3 is 4.98 Å². The second-order valence-electron chi connectivity index (χ2n) is 4.69. The standard InChI is InChI=1S/C14H15ClN2/c15-9-12-10-16-13(17-12)14(7-4-8-14)11-5-2-1-3-6-11/h1-3,5-6,10H,4,7-9H2,(H,16,17). The Hall–Kier alpha value is -1.28. The van der Waals surface area contributed by atoms with Gasteiger partial charge in [0.25, 0.3) is 0 Å². The van der Waals surface area contributed by atoms with Gasteiger partial charge >= 0.3 is 0 Å². The molecule has 1 aromatic heterocycles. The summed E-state index contributed by atoms with van der Waals surface area (Å²) in [4.78, 5) is 7.88. The number of nitrogens with one attached hydrogen (secondary N) is 1. The molecule has 0 unspecified atom stereocenters. The number of hydrogen-bond acceptors (Lipinski definition) is 1. The van der Waals surface area contributed by atoms with Gasteiger partial charge in [-0.15, -0.1) is 11.6 Å². The predicted molar refractivity (Wildman–Crippen MR) is 69.2 cm³/mol. The minimum absolute atomic E-state index is 0.103. The SMILES string of the molecule is ClCc1cnc(C2(c3ccccc3)CCC2)[nH]1. The Bertz CT molecular complexity index is 500. The molecule has 1 aliphatic rings. The number of benzene rings is 1. The predicted octanol–water partition coefficient (Wildman–Crippen LogP) is 3.62. The molecule has 0 spiro atoms. The molecule has 1 aromatic carbocycles. The van der Waals surface area contributed by atoms with Gasteiger partial charge in [-0.05, 0) is 18.4 Å². The zero-order chi connectivity index (χ0) is 11.7. The average molecular weight is 247 g/mol. The molecular weight excluding hydrogens is 232 g/mol. The molecular formula is C14H15ClN2. The number of alkyl halides is 1. The van der Waals surface area contributed by atoms with Gasteiger partial charge in [0.2, 0.25) is 0 Å². The van der Waals surface area contributed by atoms with Crippen LogP contribution in [-0.4, -0.2) is 9.97 Å². The molecule has 0 bridgehead atoms. The number of imidazole rings is 1. The maximum absolute atomic E-state index is 5.83. The Kier molecular flexibility index (Phi) is 2.67. The first-order chi connectivity index (χ1) is 8.35. The molecule has 0 atom stereocenters. The van der Waals surface area contributed by atoms with Crippen LogP contribution in [0.1, 0.15) is 36.3 Å². The molecule has 1 saturated carbocycles. The van der Waals surface area contributed by atoms with Crippen LogP contribution in [0.5, 0.6) is 0 Å². The second-order valence-corrected chi connectivity index (χ2v) is 4.96. The Morgan fingerprint density at radius 1 is 1.24 bits per heavy atom. The van der Waals surface area contributed by atoms with E-state index in [2.05, 4.69) is 40.3 Å². The zero-order valence-electron chi connectivity index (χ0n) is 9.62. The monoisotopic (exact) mass is 246 g/mol. The molecule has 2 aromatic rings. The van der Waals surface area contributed by atoms with Crippen LogP contribution in [-0.2, 0) is 11.3 Å². The number of H-pyrrole nitrogens is 1. The zero-order valence-corrected chi connectivity index (χ0v) is 10.4. The number of hydrogen-bond donors (Lipinski definition) is 1. The Morgan fingerprint density at radius 3 is 2.53 bits per heavy atom. The lowest BCUT2D eigenvalue weighted by Gasteiger charge is -2.40. The average Bonchev–Trinajstić information content (AvgIpc) is 2.78. The van der Waals surface area contributed by atoms with Crippen LogP contribution >= 0.6 is 11.6 Å². The number of aromatic amines is 1. The van der Waals surface area contributed by atoms with E-state index in [1.165, 1.54) is 24.8 Å². The van der Waals surface area contributed by atoms with Crippen molar-refractivity contribution in [3.05, 3.63) is 53.6 Å². The third kappa shape index (κ3) is 1.67. The van der Waals surface area contributed by atoms with Gasteiger partial charge in [-0.1, -0.05) is 36.8 Å². The number of halogens is 1. The fourth-order valence-corrected chi connectivity index (χ4v) is 2.76. The van der Waals surface area contributed by atoms with Crippen LogP contribution in [0, 0.1) is 0 Å². The van der Waals surface area contributed by atoms with Gasteiger partial charge in [0.1, 0.15) is 5.82 Å². The molecule has 88 valence electrons. The van der Waals surface area contributed by atoms with Crippen molar-refractivity contribution in [3.63, 3.8) is 0 Å². The van der Waals surface area contributed by atoms with E-state index in [-0.39, 0.29) is 5.41 Å². The summed E-state index contributed by atoms with van der Waals surface area (Å²) >= 11 is 5.83. The molecule has 0 radical (unpaired) electrons. The fourth-order valence-electron chi connectivity index (χ4n) is 2.62. The first kappa shape index (κ1) is 10.8. The van der Waals surface area contributed by atoms with Crippen molar-refractivity contribution in [2.24, 2.45) is 0 Å². The molecule has 1 aliphatic carbocycles. The Labute approximate surface area is 106 Å². The first-order valence-electron chi connectivity index (χ1n) is 6.01. The summed E-state index contributed by atoms with van der Waals surface area (Å²) in [7, 11) is 0. The van der Waals surface area contributed by atoms with E-state index in [1.54, 1.807) is 0 Å². The molecule has 1 heterocycles. The topological polar surface area (TPSA) is 28.7 Å². The van der Waals surface area contributed by atoms with Crippen molar-refractivity contribution >= 4 is 11.6 Å². The third-order valence-corrected chi connectivity index (χ3v) is 4.05. The van der Waals surface area contributed by atoms with E-state index < -0.39 is 0 Å². The van der Waals surface area contributed by atoms with Crippen molar-refractivity contribution in [2.45, 2.75) is 30.6 Å². The molecule has 1 fully saturated rings. The number of nitrogens with zero attached hydrogens (tertiary/aromatic N) is 1. The molecule has 0 saturated heterocycles. The van der Waals surface area contributed by atoms with Crippen LogP contribution in [0.4, 0.5) is 0 Å². The van der Waals surface area contributed by atoms with Crippen LogP contribution in [0.3, 0.4) is 0 Å². The van der Waals surface area contributed by atoms with Gasteiger partial charge in [0.15, 0.2) is 0 Å². The van der Waals surface area contributed by atoms with Crippen LogP contribution in [0.2, 0.25) is 0 Å². The van der Waals surface area contributed by atoms with E-state index in [9.17, 15) is 0 Å². The summed E-state index contributed by atoms with van der Waals surface area (Å²) < 4.78 is 0. The summed E-state index contributed by atoms with van der Waals surface area (Å²) in [5.74, 6) is 1.57. The fraction of sp³-hybridized carbons (Fsp3) is 0.357. The summed E-state index contributed by atoms with van der Waals surface area (Å²) in [6.45, 7) is 0. The highest BCUT2D eigenvalue weighted by molar-refractivity contribution is 6.16. The van der Waals surface area contributed by atoms with Gasteiger partial charge in [-0.25, -0.2) is 4.98 Å². The van der Waals surface area contributed by atoms with Gasteiger partial charge in [0.05, 0.1) is 11.3 Å². The van der Waals surface area contributed by atoms with Crippen molar-refractivity contribution in [3.8, 4) is 0 Å². The van der Waals surface area contributed by atoms with Crippen LogP contribution in [0.15, 0.2) is 36.5 Å². The minimum atomic E-state index is 0.103. The smallest absolute Gasteiger partial charge is 0.116 e. The summed E-state index contributed by atoms with van der Waals surface area (Å²) in [5.41, 5.74) is 2.47. The maximum atomic E-state index is 5.83. The summed E-state index contributed by atoms with van der Waals surface area (Å²) in [6, 6.07) is 10.6. The van der Waals surface area contributed by atoms with Gasteiger partial charge in [0, 0.05) is 11.9 Å². The van der Waals surface area contributed by atoms with E-state index in [4.69, 9.17) is 11.6 Å². The van der Waals surface area contributed by atoms with Gasteiger partial charge in [-0.2, -0.15) is 0 Å². The van der Waals surface area contributed by atoms with E-state index in [0.717, 1.165) is 11.5 Å². The van der Waals surface area contributed by atoms with Crippen LogP contribution < -0.4 is 0 Å². The lowest BCUT2D eigenvalue weighted by molar-refractivity contribution is 0.287. The van der Waals surface area contributed by atoms with Crippen molar-refractivity contribution in [1.82, 2.24) is 9.97 Å². The summed E-state index contributed by atoms with van der Waals surface area (Å²) in [6.07, 6.45) is 5.47. The first-order valence-corrected chi connectivity index (χ1v) is 6.54. The van der Waals surface area contributed by atoms with Crippen molar-refractivity contribution in [1.29, 1.82) is 0 Å². The molecule has 1 N–H and O–H groups in total. The molecule has 17 heavy (non-hydrogen) atoms. The minimum Gasteiger partial charge on any atom is -0.344 e. The Balaban J connectivity index is 2.02. The van der Waals surface area contributed by atoms with Crippen LogP contribution in [0.25, 0.3) is 0 Å². The molecule has 0 amide bonds. The highest BCUT2D eigenvalue weighted by Crippen LogP contribution is 2.47. The normalized spacial score (nSPS) is 17.7. The van der Waals surface area contributed by atoms with Crippen molar-refractivity contribution < 1.29 is 0 Å². The van der Waals surface area contributed by atoms with Gasteiger partial charge in [-0.3, -0.25) is 0 Å². The quantitative estimate of drug-likeness (QED) is 0.824. The molecule has 2 nitrogen and oxygen atoms in total. The highest BCUT2D eigenvalue weighted by Gasteiger charge is 2.42. The maximum Gasteiger partial charge on any atom is 0.116 e. The van der Waals surface area contributed by atoms with Crippen molar-refractivity contribution in [2.75, 3.05) is 0 Å². The van der Waals surface area contributed by atoms with E-state index >= 15 is 0 Å². The van der Waals surface area contributed by atoms with E-state index in [1.807, 2.05) is 6.20 Å². The second kappa shape index (κ2) is 4.19. The lowest BCUT2D eigenvalue weighted by atomic mass is 9.64. The van der Waals surface area contributed by atoms with E-state index in [0.29, 0.717) is 5.88 Å². The summed E-state index contributed by atoms with van der Waals surface area (Å²) in [5, 5.41) is 0.